The third-order valence-electron chi connectivity index (χ3n) is 1.66. The number of alkyl halides is 1. The summed E-state index contributed by atoms with van der Waals surface area (Å²) in [4.78, 5) is 0. The quantitative estimate of drug-likeness (QED) is 0.656. The van der Waals surface area contributed by atoms with E-state index in [0.29, 0.717) is 0 Å². The number of rotatable bonds is 2. The van der Waals surface area contributed by atoms with Crippen LogP contribution in [-0.4, -0.2) is 0 Å². The van der Waals surface area contributed by atoms with Crippen molar-refractivity contribution >= 4 is 22.0 Å². The first-order valence-corrected chi connectivity index (χ1v) is 4.68. The molecule has 0 fully saturated rings. The van der Waals surface area contributed by atoms with E-state index >= 15 is 0 Å². The maximum absolute atomic E-state index is 3.75. The van der Waals surface area contributed by atoms with Gasteiger partial charge in [0.15, 0.2) is 0 Å². The summed E-state index contributed by atoms with van der Waals surface area (Å²) in [5, 5.41) is 0.899. The molecule has 0 spiro atoms. The van der Waals surface area contributed by atoms with Crippen LogP contribution in [0.1, 0.15) is 16.7 Å². The van der Waals surface area contributed by atoms with Crippen molar-refractivity contribution in [3.8, 4) is 0 Å². The molecule has 0 aliphatic rings. The van der Waals surface area contributed by atoms with Gasteiger partial charge in [-0.25, -0.2) is 0 Å². The van der Waals surface area contributed by atoms with E-state index in [-0.39, 0.29) is 0 Å². The Kier molecular flexibility index (Phi) is 2.89. The van der Waals surface area contributed by atoms with Crippen LogP contribution in [0.4, 0.5) is 0 Å². The SMILES string of the molecule is C=Cc1ccc(C)cc1CBr. The van der Waals surface area contributed by atoms with Crippen molar-refractivity contribution in [1.82, 2.24) is 0 Å². The van der Waals surface area contributed by atoms with Crippen molar-refractivity contribution < 1.29 is 0 Å². The molecule has 1 heteroatoms. The third-order valence-corrected chi connectivity index (χ3v) is 2.27. The van der Waals surface area contributed by atoms with E-state index in [2.05, 4.69) is 47.6 Å². The maximum Gasteiger partial charge on any atom is 0.0289 e. The summed E-state index contributed by atoms with van der Waals surface area (Å²) < 4.78 is 0. The van der Waals surface area contributed by atoms with Gasteiger partial charge in [-0.1, -0.05) is 52.3 Å². The number of benzene rings is 1. The molecule has 0 N–H and O–H groups in total. The van der Waals surface area contributed by atoms with E-state index in [1.807, 2.05) is 6.08 Å². The maximum atomic E-state index is 3.75. The van der Waals surface area contributed by atoms with Gasteiger partial charge in [-0.3, -0.25) is 0 Å². The van der Waals surface area contributed by atoms with Gasteiger partial charge in [0.25, 0.3) is 0 Å². The second-order valence-corrected chi connectivity index (χ2v) is 3.10. The molecule has 0 unspecified atom stereocenters. The Labute approximate surface area is 76.1 Å². The molecular weight excluding hydrogens is 200 g/mol. The van der Waals surface area contributed by atoms with Crippen LogP contribution in [0.25, 0.3) is 6.08 Å². The highest BCUT2D eigenvalue weighted by Crippen LogP contribution is 2.15. The first-order valence-electron chi connectivity index (χ1n) is 3.56. The van der Waals surface area contributed by atoms with Gasteiger partial charge in [0, 0.05) is 5.33 Å². The lowest BCUT2D eigenvalue weighted by molar-refractivity contribution is 1.35. The van der Waals surface area contributed by atoms with Gasteiger partial charge in [-0.05, 0) is 18.1 Å². The molecule has 1 aromatic rings. The molecule has 1 aromatic carbocycles. The normalized spacial score (nSPS) is 9.64. The minimum absolute atomic E-state index is 0.899. The van der Waals surface area contributed by atoms with Crippen LogP contribution in [0.5, 0.6) is 0 Å². The second-order valence-electron chi connectivity index (χ2n) is 2.54. The van der Waals surface area contributed by atoms with Crippen LogP contribution in [0, 0.1) is 6.92 Å². The molecule has 1 rings (SSSR count). The van der Waals surface area contributed by atoms with Gasteiger partial charge in [-0.2, -0.15) is 0 Å². The molecule has 0 aromatic heterocycles. The summed E-state index contributed by atoms with van der Waals surface area (Å²) in [5.74, 6) is 0. The highest BCUT2D eigenvalue weighted by molar-refractivity contribution is 9.08. The molecule has 0 saturated carbocycles. The zero-order chi connectivity index (χ0) is 8.27. The molecular formula is C10H11Br. The molecule has 0 atom stereocenters. The fraction of sp³-hybridized carbons (Fsp3) is 0.200. The van der Waals surface area contributed by atoms with Gasteiger partial charge in [0.2, 0.25) is 0 Å². The van der Waals surface area contributed by atoms with Crippen molar-refractivity contribution in [3.63, 3.8) is 0 Å². The zero-order valence-electron chi connectivity index (χ0n) is 6.60. The lowest BCUT2D eigenvalue weighted by atomic mass is 10.1. The van der Waals surface area contributed by atoms with Crippen molar-refractivity contribution in [1.29, 1.82) is 0 Å². The minimum Gasteiger partial charge on any atom is -0.0985 e. The molecule has 0 bridgehead atoms. The largest absolute Gasteiger partial charge is 0.0985 e. The van der Waals surface area contributed by atoms with Crippen molar-refractivity contribution in [2.75, 3.05) is 0 Å². The summed E-state index contributed by atoms with van der Waals surface area (Å²) in [7, 11) is 0. The Morgan fingerprint density at radius 2 is 2.27 bits per heavy atom. The molecule has 0 amide bonds. The van der Waals surface area contributed by atoms with Crippen molar-refractivity contribution in [3.05, 3.63) is 41.5 Å². The van der Waals surface area contributed by atoms with Gasteiger partial charge >= 0.3 is 0 Å². The predicted molar refractivity (Wildman–Crippen MR) is 53.9 cm³/mol. The Balaban J connectivity index is 3.16. The summed E-state index contributed by atoms with van der Waals surface area (Å²) in [5.41, 5.74) is 3.82. The van der Waals surface area contributed by atoms with E-state index in [0.717, 1.165) is 5.33 Å². The molecule has 0 aliphatic heterocycles. The van der Waals surface area contributed by atoms with Crippen LogP contribution < -0.4 is 0 Å². The molecule has 0 nitrogen and oxygen atoms in total. The van der Waals surface area contributed by atoms with E-state index in [1.165, 1.54) is 16.7 Å². The van der Waals surface area contributed by atoms with E-state index in [1.54, 1.807) is 0 Å². The van der Waals surface area contributed by atoms with E-state index in [4.69, 9.17) is 0 Å². The average Bonchev–Trinajstić information content (AvgIpc) is 2.04. The Morgan fingerprint density at radius 1 is 1.55 bits per heavy atom. The van der Waals surface area contributed by atoms with Gasteiger partial charge in [0.05, 0.1) is 0 Å². The predicted octanol–water partition coefficient (Wildman–Crippen LogP) is 3.53. The Bertz CT molecular complexity index is 264. The average molecular weight is 211 g/mol. The fourth-order valence-electron chi connectivity index (χ4n) is 1.05. The standard InChI is InChI=1S/C10H11Br/c1-3-9-5-4-8(2)6-10(9)7-11/h3-6H,1,7H2,2H3. The van der Waals surface area contributed by atoms with Crippen LogP contribution in [0.15, 0.2) is 24.8 Å². The lowest BCUT2D eigenvalue weighted by Gasteiger charge is -2.02. The fourth-order valence-corrected chi connectivity index (χ4v) is 1.54. The molecule has 0 saturated heterocycles. The Morgan fingerprint density at radius 3 is 2.82 bits per heavy atom. The second kappa shape index (κ2) is 3.72. The summed E-state index contributed by atoms with van der Waals surface area (Å²) in [6.07, 6.45) is 1.88. The molecule has 0 heterocycles. The minimum atomic E-state index is 0.899. The first kappa shape index (κ1) is 8.54. The first-order chi connectivity index (χ1) is 5.27. The van der Waals surface area contributed by atoms with Crippen LogP contribution in [0.2, 0.25) is 0 Å². The summed E-state index contributed by atoms with van der Waals surface area (Å²) >= 11 is 3.44. The third kappa shape index (κ3) is 1.93. The van der Waals surface area contributed by atoms with Gasteiger partial charge < -0.3 is 0 Å². The number of hydrogen-bond acceptors (Lipinski definition) is 0. The summed E-state index contributed by atoms with van der Waals surface area (Å²) in [6, 6.07) is 6.37. The highest BCUT2D eigenvalue weighted by Gasteiger charge is 1.96. The molecule has 58 valence electrons. The van der Waals surface area contributed by atoms with Crippen LogP contribution in [0.3, 0.4) is 0 Å². The monoisotopic (exact) mass is 210 g/mol. The molecule has 0 radical (unpaired) electrons. The smallest absolute Gasteiger partial charge is 0.0289 e. The lowest BCUT2D eigenvalue weighted by Crippen LogP contribution is -1.84. The van der Waals surface area contributed by atoms with Crippen molar-refractivity contribution in [2.24, 2.45) is 0 Å². The van der Waals surface area contributed by atoms with Crippen LogP contribution >= 0.6 is 15.9 Å². The molecule has 11 heavy (non-hydrogen) atoms. The number of aryl methyl sites for hydroxylation is 1. The topological polar surface area (TPSA) is 0 Å². The van der Waals surface area contributed by atoms with Gasteiger partial charge in [-0.15, -0.1) is 0 Å². The summed E-state index contributed by atoms with van der Waals surface area (Å²) in [6.45, 7) is 5.84. The van der Waals surface area contributed by atoms with E-state index < -0.39 is 0 Å². The Hall–Kier alpha value is -0.560. The van der Waals surface area contributed by atoms with E-state index in [9.17, 15) is 0 Å². The van der Waals surface area contributed by atoms with Crippen LogP contribution in [-0.2, 0) is 5.33 Å². The highest BCUT2D eigenvalue weighted by atomic mass is 79.9. The zero-order valence-corrected chi connectivity index (χ0v) is 8.19. The van der Waals surface area contributed by atoms with Crippen molar-refractivity contribution in [2.45, 2.75) is 12.3 Å². The van der Waals surface area contributed by atoms with Gasteiger partial charge in [0.1, 0.15) is 0 Å². The number of halogens is 1. The molecule has 0 aliphatic carbocycles. The number of hydrogen-bond donors (Lipinski definition) is 0.